The third-order valence-electron chi connectivity index (χ3n) is 6.66. The molecule has 2 nitrogen and oxygen atoms in total. The van der Waals surface area contributed by atoms with Gasteiger partial charge in [-0.05, 0) is 51.8 Å². The summed E-state index contributed by atoms with van der Waals surface area (Å²) in [7, 11) is 0. The van der Waals surface area contributed by atoms with Gasteiger partial charge in [-0.25, -0.2) is 0 Å². The zero-order chi connectivity index (χ0) is 26.4. The topological polar surface area (TPSA) is 20.3 Å². The first-order valence-corrected chi connectivity index (χ1v) is 14.3. The second-order valence-corrected chi connectivity index (χ2v) is 11.8. The molecule has 0 aliphatic carbocycles. The molecule has 1 aliphatic heterocycles. The van der Waals surface area contributed by atoms with E-state index in [0.29, 0.717) is 24.9 Å². The molecule has 37 heavy (non-hydrogen) atoms. The molecule has 190 valence electrons. The molecule has 1 aliphatic rings. The van der Waals surface area contributed by atoms with Crippen molar-refractivity contribution >= 4 is 46.2 Å². The van der Waals surface area contributed by atoms with E-state index < -0.39 is 0 Å². The molecule has 0 unspecified atom stereocenters. The summed E-state index contributed by atoms with van der Waals surface area (Å²) in [5, 5.41) is 0. The first-order chi connectivity index (χ1) is 17.8. The number of benzene rings is 3. The summed E-state index contributed by atoms with van der Waals surface area (Å²) in [4.78, 5) is 15.8. The fourth-order valence-electron chi connectivity index (χ4n) is 4.34. The highest BCUT2D eigenvalue weighted by Gasteiger charge is 2.27. The zero-order valence-corrected chi connectivity index (χ0v) is 23.7. The van der Waals surface area contributed by atoms with E-state index in [4.69, 9.17) is 12.2 Å². The Morgan fingerprint density at radius 2 is 1.24 bits per heavy atom. The molecular weight excluding hydrogens is 491 g/mol. The molecule has 0 bridgehead atoms. The van der Waals surface area contributed by atoms with Crippen molar-refractivity contribution < 1.29 is 4.79 Å². The highest BCUT2D eigenvalue weighted by molar-refractivity contribution is 8.22. The van der Waals surface area contributed by atoms with Crippen LogP contribution in [-0.2, 0) is 10.5 Å². The molecule has 0 radical (unpaired) electrons. The smallest absolute Gasteiger partial charge is 0.188 e. The summed E-state index contributed by atoms with van der Waals surface area (Å²) in [6, 6.07) is 27.4. The number of nitrogens with zero attached hydrogens (tertiary/aromatic N) is 1. The summed E-state index contributed by atoms with van der Waals surface area (Å²) in [5.41, 5.74) is 7.46. The number of piperidine rings is 1. The minimum Gasteiger partial charge on any atom is -0.349 e. The van der Waals surface area contributed by atoms with Crippen LogP contribution in [0.4, 0.5) is 0 Å². The summed E-state index contributed by atoms with van der Waals surface area (Å²) in [6.07, 6.45) is 4.05. The number of hydrogen-bond acceptors (Lipinski definition) is 3. The van der Waals surface area contributed by atoms with Crippen LogP contribution in [0.1, 0.15) is 67.3 Å². The number of carbonyl (C=O) groups is 1. The van der Waals surface area contributed by atoms with E-state index in [0.717, 1.165) is 32.3 Å². The molecule has 0 amide bonds. The number of hydrogen-bond donors (Lipinski definition) is 0. The maximum absolute atomic E-state index is 13.6. The van der Waals surface area contributed by atoms with Crippen LogP contribution >= 0.6 is 24.0 Å². The average molecular weight is 526 g/mol. The molecule has 0 spiro atoms. The average Bonchev–Trinajstić information content (AvgIpc) is 2.90. The lowest BCUT2D eigenvalue weighted by atomic mass is 9.93. The van der Waals surface area contributed by atoms with Crippen molar-refractivity contribution in [2.75, 3.05) is 13.1 Å². The monoisotopic (exact) mass is 525 g/mol. The SMILES string of the molecule is CC(C)c1ccc(/C=C2\CN(C(=S)SCc3ccccc3)C/C(=C\c3ccc(C(C)C)cc3)C2=O)cc1. The van der Waals surface area contributed by atoms with Crippen LogP contribution in [-0.4, -0.2) is 28.1 Å². The van der Waals surface area contributed by atoms with Crippen molar-refractivity contribution in [2.45, 2.75) is 45.3 Å². The van der Waals surface area contributed by atoms with Crippen LogP contribution in [0.3, 0.4) is 0 Å². The lowest BCUT2D eigenvalue weighted by Crippen LogP contribution is -2.39. The number of thiocarbonyl (C=S) groups is 1. The second kappa shape index (κ2) is 12.5. The molecule has 4 rings (SSSR count). The van der Waals surface area contributed by atoms with Crippen LogP contribution in [0.5, 0.6) is 0 Å². The first kappa shape index (κ1) is 27.1. The molecule has 0 saturated carbocycles. The van der Waals surface area contributed by atoms with Gasteiger partial charge in [-0.1, -0.05) is 131 Å². The highest BCUT2D eigenvalue weighted by Crippen LogP contribution is 2.27. The molecule has 4 heteroatoms. The Labute approximate surface area is 231 Å². The number of Topliss-reactive ketones (excluding diaryl/α,β-unsaturated/α-hetero) is 1. The maximum Gasteiger partial charge on any atom is 0.188 e. The summed E-state index contributed by atoms with van der Waals surface area (Å²) in [6.45, 7) is 9.80. The van der Waals surface area contributed by atoms with Crippen molar-refractivity contribution in [2.24, 2.45) is 0 Å². The molecule has 1 fully saturated rings. The molecule has 0 aromatic heterocycles. The Morgan fingerprint density at radius 3 is 1.68 bits per heavy atom. The quantitative estimate of drug-likeness (QED) is 0.237. The zero-order valence-electron chi connectivity index (χ0n) is 22.1. The largest absolute Gasteiger partial charge is 0.349 e. The Hall–Kier alpha value is -2.95. The fraction of sp³-hybridized carbons (Fsp3) is 0.273. The predicted molar refractivity (Wildman–Crippen MR) is 164 cm³/mol. The molecule has 3 aromatic carbocycles. The van der Waals surface area contributed by atoms with Crippen molar-refractivity contribution in [1.82, 2.24) is 4.90 Å². The maximum atomic E-state index is 13.6. The molecule has 1 heterocycles. The highest BCUT2D eigenvalue weighted by atomic mass is 32.2. The Kier molecular flexibility index (Phi) is 9.18. The van der Waals surface area contributed by atoms with Gasteiger partial charge in [0, 0.05) is 30.0 Å². The van der Waals surface area contributed by atoms with Crippen LogP contribution in [0.25, 0.3) is 12.2 Å². The number of likely N-dealkylation sites (tertiary alicyclic amines) is 1. The van der Waals surface area contributed by atoms with Gasteiger partial charge >= 0.3 is 0 Å². The van der Waals surface area contributed by atoms with Crippen molar-refractivity contribution in [1.29, 1.82) is 0 Å². The van der Waals surface area contributed by atoms with E-state index >= 15 is 0 Å². The van der Waals surface area contributed by atoms with Crippen molar-refractivity contribution in [3.63, 3.8) is 0 Å². The van der Waals surface area contributed by atoms with E-state index in [-0.39, 0.29) is 5.78 Å². The normalized spacial score (nSPS) is 16.3. The van der Waals surface area contributed by atoms with Gasteiger partial charge in [0.05, 0.1) is 0 Å². The summed E-state index contributed by atoms with van der Waals surface area (Å²) < 4.78 is 0.818. The standard InChI is InChI=1S/C33H35NOS2/c1-23(2)28-14-10-25(11-15-28)18-30-20-34(33(36)37-22-27-8-6-5-7-9-27)21-31(32(30)35)19-26-12-16-29(17-13-26)24(3)4/h5-19,23-24H,20-22H2,1-4H3/b30-18+,31-19+. The third kappa shape index (κ3) is 7.30. The van der Waals surface area contributed by atoms with E-state index in [1.54, 1.807) is 11.8 Å². The minimum absolute atomic E-state index is 0.105. The number of rotatable bonds is 6. The van der Waals surface area contributed by atoms with Gasteiger partial charge in [-0.3, -0.25) is 4.79 Å². The van der Waals surface area contributed by atoms with Crippen molar-refractivity contribution in [3.05, 3.63) is 118 Å². The number of thioether (sulfide) groups is 1. The predicted octanol–water partition coefficient (Wildman–Crippen LogP) is 8.50. The van der Waals surface area contributed by atoms with Crippen LogP contribution in [0, 0.1) is 0 Å². The van der Waals surface area contributed by atoms with Gasteiger partial charge in [0.2, 0.25) is 0 Å². The molecular formula is C33H35NOS2. The lowest BCUT2D eigenvalue weighted by Gasteiger charge is -2.31. The van der Waals surface area contributed by atoms with Gasteiger partial charge in [0.1, 0.15) is 4.32 Å². The molecule has 3 aromatic rings. The van der Waals surface area contributed by atoms with E-state index in [2.05, 4.69) is 105 Å². The Bertz CT molecular complexity index is 1210. The summed E-state index contributed by atoms with van der Waals surface area (Å²) >= 11 is 7.52. The van der Waals surface area contributed by atoms with E-state index in [9.17, 15) is 4.79 Å². The second-order valence-electron chi connectivity index (χ2n) is 10.2. The first-order valence-electron chi connectivity index (χ1n) is 12.9. The summed E-state index contributed by atoms with van der Waals surface area (Å²) in [5.74, 6) is 1.87. The van der Waals surface area contributed by atoms with Crippen molar-refractivity contribution in [3.8, 4) is 0 Å². The molecule has 1 saturated heterocycles. The molecule has 0 N–H and O–H groups in total. The van der Waals surface area contributed by atoms with Crippen LogP contribution < -0.4 is 0 Å². The van der Waals surface area contributed by atoms with Gasteiger partial charge in [0.25, 0.3) is 0 Å². The van der Waals surface area contributed by atoms with Gasteiger partial charge in [-0.2, -0.15) is 0 Å². The van der Waals surface area contributed by atoms with Gasteiger partial charge in [0.15, 0.2) is 5.78 Å². The van der Waals surface area contributed by atoms with Gasteiger partial charge in [-0.15, -0.1) is 0 Å². The van der Waals surface area contributed by atoms with Gasteiger partial charge < -0.3 is 4.90 Å². The number of ketones is 1. The third-order valence-corrected chi connectivity index (χ3v) is 8.25. The minimum atomic E-state index is 0.105. The fourth-order valence-corrected chi connectivity index (χ4v) is 5.44. The van der Waals surface area contributed by atoms with Crippen LogP contribution in [0.2, 0.25) is 0 Å². The molecule has 0 atom stereocenters. The van der Waals surface area contributed by atoms with Crippen LogP contribution in [0.15, 0.2) is 90.0 Å². The lowest BCUT2D eigenvalue weighted by molar-refractivity contribution is -0.113. The van der Waals surface area contributed by atoms with E-state index in [1.807, 2.05) is 18.2 Å². The van der Waals surface area contributed by atoms with E-state index in [1.165, 1.54) is 16.7 Å². The number of carbonyl (C=O) groups excluding carboxylic acids is 1. The Morgan fingerprint density at radius 1 is 0.784 bits per heavy atom. The Balaban J connectivity index is 1.61.